The van der Waals surface area contributed by atoms with Gasteiger partial charge < -0.3 is 35.2 Å². The minimum absolute atomic E-state index is 0.245. The molecule has 47 heavy (non-hydrogen) atoms. The maximum Gasteiger partial charge on any atom is 0.397 e. The molecule has 0 aromatic heterocycles. The Morgan fingerprint density at radius 2 is 1.38 bits per heavy atom. The second-order valence-electron chi connectivity index (χ2n) is 12.8. The molecule has 1 fully saturated rings. The maximum atomic E-state index is 12.9. The Hall–Kier alpha value is -1.16. The molecule has 0 saturated carbocycles. The normalized spacial score (nSPS) is 23.3. The van der Waals surface area contributed by atoms with Crippen LogP contribution in [0.4, 0.5) is 0 Å². The summed E-state index contributed by atoms with van der Waals surface area (Å²) >= 11 is 0. The van der Waals surface area contributed by atoms with Gasteiger partial charge in [0.25, 0.3) is 0 Å². The molecule has 12 nitrogen and oxygen atoms in total. The van der Waals surface area contributed by atoms with Gasteiger partial charge in [0.15, 0.2) is 6.29 Å². The predicted octanol–water partition coefficient (Wildman–Crippen LogP) is 4.87. The Balaban J connectivity index is 2.66. The number of rotatable bonds is 29. The highest BCUT2D eigenvalue weighted by Crippen LogP contribution is 2.26. The van der Waals surface area contributed by atoms with Crippen molar-refractivity contribution in [1.29, 1.82) is 0 Å². The highest BCUT2D eigenvalue weighted by molar-refractivity contribution is 7.80. The van der Waals surface area contributed by atoms with E-state index in [4.69, 9.17) is 14.0 Å². The number of amides is 1. The van der Waals surface area contributed by atoms with Gasteiger partial charge in [0.1, 0.15) is 24.4 Å². The molecule has 0 radical (unpaired) electrons. The van der Waals surface area contributed by atoms with E-state index in [1.807, 2.05) is 0 Å². The minimum atomic E-state index is -5.06. The highest BCUT2D eigenvalue weighted by atomic mass is 32.3. The molecule has 0 spiro atoms. The van der Waals surface area contributed by atoms with E-state index in [1.165, 1.54) is 44.9 Å². The van der Waals surface area contributed by atoms with Crippen LogP contribution in [0.3, 0.4) is 0 Å². The van der Waals surface area contributed by atoms with Crippen LogP contribution in [0.2, 0.25) is 0 Å². The molecule has 7 atom stereocenters. The average Bonchev–Trinajstić information content (AvgIpc) is 3.03. The molecule has 6 N–H and O–H groups in total. The number of carbonyl (C=O) groups excluding carboxylic acids is 1. The summed E-state index contributed by atoms with van der Waals surface area (Å²) in [5.41, 5.74) is 0. The highest BCUT2D eigenvalue weighted by Gasteiger charge is 2.48. The molecule has 0 bridgehead atoms. The SMILES string of the molecule is CCCC/C=C\CCCCCCCC(=O)NC(COC1OC(CO)C(O)C(OS(=O)(=O)O)C1O)C(O)CCCCCCCCCCC. The molecule has 1 aliphatic rings. The van der Waals surface area contributed by atoms with Crippen LogP contribution in [-0.2, 0) is 28.9 Å². The van der Waals surface area contributed by atoms with Crippen LogP contribution in [0.5, 0.6) is 0 Å². The van der Waals surface area contributed by atoms with Crippen molar-refractivity contribution < 1.29 is 51.8 Å². The monoisotopic (exact) mass is 695 g/mol. The Bertz CT molecular complexity index is 920. The van der Waals surface area contributed by atoms with Crippen molar-refractivity contribution in [3.05, 3.63) is 12.2 Å². The number of allylic oxidation sites excluding steroid dienone is 2. The van der Waals surface area contributed by atoms with Crippen LogP contribution in [-0.4, -0.2) is 95.4 Å². The third-order valence-corrected chi connectivity index (χ3v) is 9.04. The van der Waals surface area contributed by atoms with Gasteiger partial charge in [-0.3, -0.25) is 9.35 Å². The van der Waals surface area contributed by atoms with E-state index in [0.717, 1.165) is 64.2 Å². The zero-order valence-electron chi connectivity index (χ0n) is 28.8. The fourth-order valence-corrected chi connectivity index (χ4v) is 6.18. The molecular formula is C34H65NO11S. The van der Waals surface area contributed by atoms with Crippen molar-refractivity contribution >= 4 is 16.3 Å². The summed E-state index contributed by atoms with van der Waals surface area (Å²) in [5.74, 6) is -0.245. The first kappa shape index (κ1) is 43.9. The quantitative estimate of drug-likeness (QED) is 0.0355. The standard InChI is InChI=1S/C34H65NO11S/c1-3-5-7-9-11-13-14-16-18-20-22-24-30(38)35-27(28(37)23-21-19-17-15-12-10-8-6-4-2)26-44-34-32(40)33(46-47(41,42)43)31(39)29(25-36)45-34/h9,11,27-29,31-34,36-37,39-40H,3-8,10,12-26H2,1-2H3,(H,35,38)(H,41,42,43)/b11-9-. The summed E-state index contributed by atoms with van der Waals surface area (Å²) in [7, 11) is -5.06. The molecular weight excluding hydrogens is 630 g/mol. The number of aliphatic hydroxyl groups is 4. The van der Waals surface area contributed by atoms with Crippen LogP contribution < -0.4 is 5.32 Å². The zero-order chi connectivity index (χ0) is 34.9. The number of hydrogen-bond donors (Lipinski definition) is 6. The molecule has 1 rings (SSSR count). The van der Waals surface area contributed by atoms with E-state index in [0.29, 0.717) is 12.8 Å². The van der Waals surface area contributed by atoms with Crippen LogP contribution in [0.1, 0.15) is 142 Å². The summed E-state index contributed by atoms with van der Waals surface area (Å²) in [5, 5.41) is 44.4. The molecule has 1 aliphatic heterocycles. The fourth-order valence-electron chi connectivity index (χ4n) is 5.67. The molecule has 13 heteroatoms. The van der Waals surface area contributed by atoms with Gasteiger partial charge in [-0.25, -0.2) is 4.18 Å². The lowest BCUT2D eigenvalue weighted by Gasteiger charge is -2.41. The first-order chi connectivity index (χ1) is 22.5. The van der Waals surface area contributed by atoms with Gasteiger partial charge in [0, 0.05) is 6.42 Å². The second kappa shape index (κ2) is 26.7. The summed E-state index contributed by atoms with van der Waals surface area (Å²) in [6.07, 6.45) is 15.3. The molecule has 1 amide bonds. The van der Waals surface area contributed by atoms with Gasteiger partial charge >= 0.3 is 10.4 Å². The molecule has 1 saturated heterocycles. The van der Waals surface area contributed by atoms with Gasteiger partial charge in [0.05, 0.1) is 25.4 Å². The van der Waals surface area contributed by atoms with E-state index in [9.17, 15) is 33.6 Å². The van der Waals surface area contributed by atoms with Gasteiger partial charge in [0.2, 0.25) is 5.91 Å². The lowest BCUT2D eigenvalue weighted by atomic mass is 9.99. The van der Waals surface area contributed by atoms with E-state index in [2.05, 4.69) is 35.5 Å². The summed E-state index contributed by atoms with van der Waals surface area (Å²) in [6, 6.07) is -0.854. The van der Waals surface area contributed by atoms with Crippen molar-refractivity contribution in [1.82, 2.24) is 5.32 Å². The van der Waals surface area contributed by atoms with Gasteiger partial charge in [-0.2, -0.15) is 8.42 Å². The van der Waals surface area contributed by atoms with Crippen LogP contribution in [0, 0.1) is 0 Å². The van der Waals surface area contributed by atoms with Crippen molar-refractivity contribution in [2.45, 2.75) is 185 Å². The Morgan fingerprint density at radius 1 is 0.830 bits per heavy atom. The third-order valence-electron chi connectivity index (χ3n) is 8.57. The largest absolute Gasteiger partial charge is 0.397 e. The number of aliphatic hydroxyl groups excluding tert-OH is 4. The summed E-state index contributed by atoms with van der Waals surface area (Å²) in [4.78, 5) is 12.9. The number of unbranched alkanes of at least 4 members (excludes halogenated alkanes) is 15. The zero-order valence-corrected chi connectivity index (χ0v) is 29.7. The van der Waals surface area contributed by atoms with Crippen molar-refractivity contribution in [2.24, 2.45) is 0 Å². The minimum Gasteiger partial charge on any atom is -0.394 e. The van der Waals surface area contributed by atoms with Gasteiger partial charge in [-0.15, -0.1) is 0 Å². The Labute approximate surface area is 283 Å². The van der Waals surface area contributed by atoms with Crippen molar-refractivity contribution in [2.75, 3.05) is 13.2 Å². The number of carbonyl (C=O) groups is 1. The Kier molecular flexibility index (Phi) is 24.9. The lowest BCUT2D eigenvalue weighted by molar-refractivity contribution is -0.298. The smallest absolute Gasteiger partial charge is 0.394 e. The predicted molar refractivity (Wildman–Crippen MR) is 181 cm³/mol. The fraction of sp³-hybridized carbons (Fsp3) is 0.912. The van der Waals surface area contributed by atoms with E-state index in [-0.39, 0.29) is 18.9 Å². The van der Waals surface area contributed by atoms with Crippen LogP contribution in [0.15, 0.2) is 12.2 Å². The maximum absolute atomic E-state index is 12.9. The third kappa shape index (κ3) is 20.8. The Morgan fingerprint density at radius 3 is 1.98 bits per heavy atom. The van der Waals surface area contributed by atoms with E-state index >= 15 is 0 Å². The van der Waals surface area contributed by atoms with Crippen molar-refractivity contribution in [3.8, 4) is 0 Å². The second-order valence-corrected chi connectivity index (χ2v) is 13.9. The van der Waals surface area contributed by atoms with Gasteiger partial charge in [-0.05, 0) is 32.1 Å². The topological polar surface area (TPSA) is 192 Å². The van der Waals surface area contributed by atoms with E-state index in [1.54, 1.807) is 0 Å². The number of nitrogens with one attached hydrogen (secondary N) is 1. The first-order valence-electron chi connectivity index (χ1n) is 18.1. The first-order valence-corrected chi connectivity index (χ1v) is 19.4. The molecule has 0 aliphatic carbocycles. The lowest BCUT2D eigenvalue weighted by Crippen LogP contribution is -2.61. The molecule has 0 aromatic rings. The van der Waals surface area contributed by atoms with Crippen molar-refractivity contribution in [3.63, 3.8) is 0 Å². The molecule has 278 valence electrons. The average molecular weight is 696 g/mol. The van der Waals surface area contributed by atoms with Crippen LogP contribution >= 0.6 is 0 Å². The summed E-state index contributed by atoms with van der Waals surface area (Å²) < 4.78 is 47.2. The molecule has 1 heterocycles. The summed E-state index contributed by atoms with van der Waals surface area (Å²) in [6.45, 7) is 3.32. The number of ether oxygens (including phenoxy) is 2. The van der Waals surface area contributed by atoms with Gasteiger partial charge in [-0.1, -0.05) is 116 Å². The molecule has 0 aromatic carbocycles. The van der Waals surface area contributed by atoms with Crippen LogP contribution in [0.25, 0.3) is 0 Å². The number of hydrogen-bond acceptors (Lipinski definition) is 10. The van der Waals surface area contributed by atoms with E-state index < -0.39 is 59.9 Å². The molecule has 7 unspecified atom stereocenters.